The van der Waals surface area contributed by atoms with Crippen LogP contribution in [-0.4, -0.2) is 9.78 Å². The van der Waals surface area contributed by atoms with Crippen LogP contribution in [0.2, 0.25) is 10.0 Å². The molecule has 1 heterocycles. The number of aromatic nitrogens is 2. The topological polar surface area (TPSA) is 43.8 Å². The van der Waals surface area contributed by atoms with Gasteiger partial charge in [-0.2, -0.15) is 5.10 Å². The van der Waals surface area contributed by atoms with E-state index in [-0.39, 0.29) is 17.9 Å². The minimum absolute atomic E-state index is 0.159. The predicted molar refractivity (Wildman–Crippen MR) is 79.7 cm³/mol. The zero-order valence-electron chi connectivity index (χ0n) is 11.3. The molecule has 108 valence electrons. The van der Waals surface area contributed by atoms with Crippen molar-refractivity contribution in [2.45, 2.75) is 32.4 Å². The first-order valence-corrected chi connectivity index (χ1v) is 7.08. The minimum atomic E-state index is -0.363. The van der Waals surface area contributed by atoms with Gasteiger partial charge in [-0.15, -0.1) is 0 Å². The lowest BCUT2D eigenvalue weighted by atomic mass is 10.0. The van der Waals surface area contributed by atoms with E-state index in [0.29, 0.717) is 16.5 Å². The second-order valence-electron chi connectivity index (χ2n) is 4.96. The molecule has 0 radical (unpaired) electrons. The highest BCUT2D eigenvalue weighted by atomic mass is 35.5. The number of hydrogen-bond donors (Lipinski definition) is 1. The van der Waals surface area contributed by atoms with Crippen LogP contribution >= 0.6 is 23.2 Å². The fourth-order valence-corrected chi connectivity index (χ4v) is 2.64. The third kappa shape index (κ3) is 3.14. The normalized spacial score (nSPS) is 12.9. The van der Waals surface area contributed by atoms with Crippen molar-refractivity contribution in [3.05, 3.63) is 51.5 Å². The quantitative estimate of drug-likeness (QED) is 0.921. The molecule has 0 bridgehead atoms. The lowest BCUT2D eigenvalue weighted by molar-refractivity contribution is 0.485. The van der Waals surface area contributed by atoms with Crippen LogP contribution in [0.15, 0.2) is 24.4 Å². The molecule has 2 aromatic rings. The molecule has 0 spiro atoms. The van der Waals surface area contributed by atoms with Crippen molar-refractivity contribution in [3.8, 4) is 0 Å². The summed E-state index contributed by atoms with van der Waals surface area (Å²) in [6.45, 7) is 4.01. The summed E-state index contributed by atoms with van der Waals surface area (Å²) in [5.41, 5.74) is 7.77. The van der Waals surface area contributed by atoms with E-state index in [0.717, 1.165) is 11.3 Å². The van der Waals surface area contributed by atoms with E-state index in [1.54, 1.807) is 16.9 Å². The number of hydrogen-bond acceptors (Lipinski definition) is 2. The molecule has 0 saturated carbocycles. The Morgan fingerprint density at radius 2 is 2.00 bits per heavy atom. The first-order valence-electron chi connectivity index (χ1n) is 6.32. The summed E-state index contributed by atoms with van der Waals surface area (Å²) in [6.07, 6.45) is 2.06. The van der Waals surface area contributed by atoms with Crippen molar-refractivity contribution in [3.63, 3.8) is 0 Å². The van der Waals surface area contributed by atoms with Gasteiger partial charge in [0.15, 0.2) is 0 Å². The summed E-state index contributed by atoms with van der Waals surface area (Å²) in [5, 5.41) is 5.13. The van der Waals surface area contributed by atoms with E-state index in [1.165, 1.54) is 12.1 Å². The number of rotatable bonds is 4. The summed E-state index contributed by atoms with van der Waals surface area (Å²) in [5.74, 6) is -0.363. The van der Waals surface area contributed by atoms with Gasteiger partial charge in [-0.05, 0) is 38.0 Å². The number of halogens is 3. The zero-order chi connectivity index (χ0) is 14.9. The highest BCUT2D eigenvalue weighted by Crippen LogP contribution is 2.28. The maximum atomic E-state index is 13.0. The number of benzene rings is 1. The number of nitrogens with zero attached hydrogens (tertiary/aromatic N) is 2. The molecule has 1 unspecified atom stereocenters. The Kier molecular flexibility index (Phi) is 4.68. The molecular weight excluding hydrogens is 300 g/mol. The molecule has 6 heteroatoms. The third-order valence-corrected chi connectivity index (χ3v) is 3.73. The lowest BCUT2D eigenvalue weighted by Crippen LogP contribution is -2.20. The predicted octanol–water partition coefficient (Wildman–Crippen LogP) is 4.15. The van der Waals surface area contributed by atoms with Crippen molar-refractivity contribution in [1.82, 2.24) is 9.78 Å². The van der Waals surface area contributed by atoms with Crippen LogP contribution in [0.5, 0.6) is 0 Å². The molecule has 0 aliphatic heterocycles. The van der Waals surface area contributed by atoms with Crippen molar-refractivity contribution in [2.75, 3.05) is 0 Å². The van der Waals surface area contributed by atoms with Crippen LogP contribution < -0.4 is 5.73 Å². The first kappa shape index (κ1) is 15.3. The van der Waals surface area contributed by atoms with Crippen molar-refractivity contribution in [2.24, 2.45) is 5.73 Å². The van der Waals surface area contributed by atoms with Gasteiger partial charge < -0.3 is 5.73 Å². The molecule has 0 fully saturated rings. The molecule has 1 atom stereocenters. The molecule has 0 aliphatic carbocycles. The Bertz CT molecular complexity index is 610. The zero-order valence-corrected chi connectivity index (χ0v) is 12.8. The Labute approximate surface area is 127 Å². The third-order valence-electron chi connectivity index (χ3n) is 3.08. The lowest BCUT2D eigenvalue weighted by Gasteiger charge is -2.18. The Morgan fingerprint density at radius 3 is 2.60 bits per heavy atom. The van der Waals surface area contributed by atoms with E-state index >= 15 is 0 Å². The molecule has 0 amide bonds. The maximum Gasteiger partial charge on any atom is 0.124 e. The van der Waals surface area contributed by atoms with Crippen LogP contribution in [0, 0.1) is 5.82 Å². The average molecular weight is 316 g/mol. The molecule has 0 aliphatic rings. The molecular formula is C14H16Cl2FN3. The largest absolute Gasteiger partial charge is 0.322 e. The summed E-state index contributed by atoms with van der Waals surface area (Å²) in [7, 11) is 0. The molecule has 0 saturated heterocycles. The molecule has 20 heavy (non-hydrogen) atoms. The van der Waals surface area contributed by atoms with E-state index < -0.39 is 0 Å². The van der Waals surface area contributed by atoms with Gasteiger partial charge in [-0.3, -0.25) is 4.68 Å². The smallest absolute Gasteiger partial charge is 0.124 e. The van der Waals surface area contributed by atoms with Gasteiger partial charge in [-0.1, -0.05) is 29.3 Å². The van der Waals surface area contributed by atoms with Gasteiger partial charge in [-0.25, -0.2) is 4.39 Å². The van der Waals surface area contributed by atoms with Gasteiger partial charge in [0.25, 0.3) is 0 Å². The second kappa shape index (κ2) is 6.12. The Morgan fingerprint density at radius 1 is 1.30 bits per heavy atom. The maximum absolute atomic E-state index is 13.0. The van der Waals surface area contributed by atoms with Crippen LogP contribution in [0.1, 0.15) is 37.2 Å². The molecule has 2 N–H and O–H groups in total. The SMILES string of the molecule is CC(C)n1ncc(Cl)c1C(N)Cc1ccc(F)cc1Cl. The fourth-order valence-electron chi connectivity index (χ4n) is 2.13. The van der Waals surface area contributed by atoms with E-state index in [2.05, 4.69) is 5.10 Å². The average Bonchev–Trinajstić information content (AvgIpc) is 2.75. The van der Waals surface area contributed by atoms with Crippen LogP contribution in [0.25, 0.3) is 0 Å². The Balaban J connectivity index is 2.28. The van der Waals surface area contributed by atoms with E-state index in [1.807, 2.05) is 13.8 Å². The van der Waals surface area contributed by atoms with Gasteiger partial charge in [0.1, 0.15) is 5.82 Å². The first-order chi connectivity index (χ1) is 9.40. The van der Waals surface area contributed by atoms with Crippen molar-refractivity contribution in [1.29, 1.82) is 0 Å². The van der Waals surface area contributed by atoms with Gasteiger partial charge in [0.05, 0.1) is 23.0 Å². The highest BCUT2D eigenvalue weighted by molar-refractivity contribution is 6.31. The molecule has 3 nitrogen and oxygen atoms in total. The summed E-state index contributed by atoms with van der Waals surface area (Å²) < 4.78 is 14.8. The standard InChI is InChI=1S/C14H16Cl2FN3/c1-8(2)20-14(12(16)7-19-20)13(18)5-9-3-4-10(17)6-11(9)15/h3-4,6-8,13H,5,18H2,1-2H3. The molecule has 1 aromatic heterocycles. The number of nitrogens with two attached hydrogens (primary N) is 1. The monoisotopic (exact) mass is 315 g/mol. The van der Waals surface area contributed by atoms with Gasteiger partial charge in [0.2, 0.25) is 0 Å². The van der Waals surface area contributed by atoms with E-state index in [9.17, 15) is 4.39 Å². The second-order valence-corrected chi connectivity index (χ2v) is 5.78. The van der Waals surface area contributed by atoms with Crippen molar-refractivity contribution >= 4 is 23.2 Å². The summed E-state index contributed by atoms with van der Waals surface area (Å²) >= 11 is 12.2. The fraction of sp³-hybridized carbons (Fsp3) is 0.357. The van der Waals surface area contributed by atoms with Crippen LogP contribution in [-0.2, 0) is 6.42 Å². The minimum Gasteiger partial charge on any atom is -0.322 e. The van der Waals surface area contributed by atoms with Gasteiger partial charge in [0, 0.05) is 11.1 Å². The van der Waals surface area contributed by atoms with E-state index in [4.69, 9.17) is 28.9 Å². The van der Waals surface area contributed by atoms with Crippen LogP contribution in [0.3, 0.4) is 0 Å². The Hall–Kier alpha value is -1.10. The van der Waals surface area contributed by atoms with Crippen LogP contribution in [0.4, 0.5) is 4.39 Å². The van der Waals surface area contributed by atoms with Gasteiger partial charge >= 0.3 is 0 Å². The summed E-state index contributed by atoms with van der Waals surface area (Å²) in [6, 6.07) is 4.10. The molecule has 2 rings (SSSR count). The molecule has 1 aromatic carbocycles. The summed E-state index contributed by atoms with van der Waals surface area (Å²) in [4.78, 5) is 0. The highest BCUT2D eigenvalue weighted by Gasteiger charge is 2.19. The van der Waals surface area contributed by atoms with Crippen molar-refractivity contribution < 1.29 is 4.39 Å².